The summed E-state index contributed by atoms with van der Waals surface area (Å²) < 4.78 is 30.7. The molecule has 2 aliphatic rings. The van der Waals surface area contributed by atoms with Crippen LogP contribution in [-0.4, -0.2) is 38.9 Å². The highest BCUT2D eigenvalue weighted by atomic mass is 35.5. The topological polar surface area (TPSA) is 56.8 Å². The number of carbonyl (C=O) groups is 1. The van der Waals surface area contributed by atoms with E-state index in [0.717, 1.165) is 25.9 Å². The molecule has 1 atom stereocenters. The molecule has 3 rings (SSSR count). The van der Waals surface area contributed by atoms with Gasteiger partial charge in [-0.2, -0.15) is 0 Å². The molecule has 1 fully saturated rings. The van der Waals surface area contributed by atoms with Crippen molar-refractivity contribution in [3.8, 4) is 11.5 Å². The SMILES string of the molecule is CCOC(=O)[C@H](c1cc2c(c(F)c1Cl)OCCO2)C1CCNCC1. The fourth-order valence-electron chi connectivity index (χ4n) is 3.35. The number of piperidine rings is 1. The highest BCUT2D eigenvalue weighted by molar-refractivity contribution is 6.32. The third-order valence-electron chi connectivity index (χ3n) is 4.47. The summed E-state index contributed by atoms with van der Waals surface area (Å²) in [6.45, 7) is 4.25. The van der Waals surface area contributed by atoms with Crippen LogP contribution in [0.4, 0.5) is 4.39 Å². The Morgan fingerprint density at radius 2 is 2.12 bits per heavy atom. The van der Waals surface area contributed by atoms with Crippen LogP contribution in [0.2, 0.25) is 5.02 Å². The molecule has 0 radical (unpaired) electrons. The minimum absolute atomic E-state index is 0.0166. The third-order valence-corrected chi connectivity index (χ3v) is 4.86. The minimum Gasteiger partial charge on any atom is -0.486 e. The monoisotopic (exact) mass is 357 g/mol. The van der Waals surface area contributed by atoms with Crippen LogP contribution in [0, 0.1) is 11.7 Å². The first-order valence-corrected chi connectivity index (χ1v) is 8.66. The Hall–Kier alpha value is -1.53. The van der Waals surface area contributed by atoms with Crippen molar-refractivity contribution < 1.29 is 23.4 Å². The number of benzene rings is 1. The Morgan fingerprint density at radius 1 is 1.42 bits per heavy atom. The number of hydrogen-bond acceptors (Lipinski definition) is 5. The average Bonchev–Trinajstić information content (AvgIpc) is 2.61. The Morgan fingerprint density at radius 3 is 2.83 bits per heavy atom. The molecular weight excluding hydrogens is 337 g/mol. The normalized spacial score (nSPS) is 19.0. The van der Waals surface area contributed by atoms with Crippen molar-refractivity contribution in [3.63, 3.8) is 0 Å². The lowest BCUT2D eigenvalue weighted by atomic mass is 9.80. The Bertz CT molecular complexity index is 619. The maximum atomic E-state index is 14.6. The molecule has 1 aromatic rings. The lowest BCUT2D eigenvalue weighted by Gasteiger charge is -2.31. The molecule has 0 bridgehead atoms. The summed E-state index contributed by atoms with van der Waals surface area (Å²) >= 11 is 6.25. The summed E-state index contributed by atoms with van der Waals surface area (Å²) in [6.07, 6.45) is 1.60. The molecule has 0 aromatic heterocycles. The smallest absolute Gasteiger partial charge is 0.313 e. The Labute approximate surface area is 145 Å². The standard InChI is InChI=1S/C17H21ClFNO4/c1-2-22-17(21)13(10-3-5-20-6-4-10)11-9-12-16(15(19)14(11)18)24-8-7-23-12/h9-10,13,20H,2-8H2,1H3/t13-/m0/s1. The van der Waals surface area contributed by atoms with Crippen LogP contribution in [0.5, 0.6) is 11.5 Å². The van der Waals surface area contributed by atoms with Crippen molar-refractivity contribution in [2.24, 2.45) is 5.92 Å². The summed E-state index contributed by atoms with van der Waals surface area (Å²) in [5.41, 5.74) is 0.420. The predicted octanol–water partition coefficient (Wildman–Crippen LogP) is 2.90. The van der Waals surface area contributed by atoms with E-state index in [-0.39, 0.29) is 35.9 Å². The maximum Gasteiger partial charge on any atom is 0.313 e. The van der Waals surface area contributed by atoms with Gasteiger partial charge in [0.1, 0.15) is 13.2 Å². The highest BCUT2D eigenvalue weighted by Crippen LogP contribution is 2.44. The molecule has 0 amide bonds. The van der Waals surface area contributed by atoms with E-state index in [1.807, 2.05) is 0 Å². The van der Waals surface area contributed by atoms with Gasteiger partial charge >= 0.3 is 5.97 Å². The Balaban J connectivity index is 2.03. The molecule has 1 saturated heterocycles. The quantitative estimate of drug-likeness (QED) is 0.840. The fourth-order valence-corrected chi connectivity index (χ4v) is 3.61. The van der Waals surface area contributed by atoms with Crippen molar-refractivity contribution >= 4 is 17.6 Å². The first-order valence-electron chi connectivity index (χ1n) is 8.28. The molecule has 0 unspecified atom stereocenters. The number of rotatable bonds is 4. The van der Waals surface area contributed by atoms with Gasteiger partial charge in [0.2, 0.25) is 0 Å². The van der Waals surface area contributed by atoms with Crippen LogP contribution >= 0.6 is 11.6 Å². The molecule has 5 nitrogen and oxygen atoms in total. The van der Waals surface area contributed by atoms with Gasteiger partial charge in [0.05, 0.1) is 17.5 Å². The van der Waals surface area contributed by atoms with E-state index in [1.165, 1.54) is 0 Å². The van der Waals surface area contributed by atoms with Gasteiger partial charge in [-0.3, -0.25) is 4.79 Å². The summed E-state index contributed by atoms with van der Waals surface area (Å²) in [5.74, 6) is -1.30. The van der Waals surface area contributed by atoms with Gasteiger partial charge in [0, 0.05) is 0 Å². The molecule has 0 aliphatic carbocycles. The number of hydrogen-bond donors (Lipinski definition) is 1. The number of ether oxygens (including phenoxy) is 3. The molecule has 0 spiro atoms. The van der Waals surface area contributed by atoms with Gasteiger partial charge in [0.15, 0.2) is 17.3 Å². The van der Waals surface area contributed by atoms with Crippen molar-refractivity contribution in [2.45, 2.75) is 25.7 Å². The molecule has 132 valence electrons. The second-order valence-electron chi connectivity index (χ2n) is 5.94. The molecule has 24 heavy (non-hydrogen) atoms. The number of nitrogens with one attached hydrogen (secondary N) is 1. The first-order chi connectivity index (χ1) is 11.6. The summed E-state index contributed by atoms with van der Waals surface area (Å²) in [7, 11) is 0. The van der Waals surface area contributed by atoms with Gasteiger partial charge in [-0.05, 0) is 50.4 Å². The summed E-state index contributed by atoms with van der Waals surface area (Å²) in [5, 5.41) is 3.18. The van der Waals surface area contributed by atoms with E-state index in [0.29, 0.717) is 17.9 Å². The zero-order valence-corrected chi connectivity index (χ0v) is 14.3. The highest BCUT2D eigenvalue weighted by Gasteiger charge is 2.36. The maximum absolute atomic E-state index is 14.6. The Kier molecular flexibility index (Phi) is 5.46. The van der Waals surface area contributed by atoms with Crippen LogP contribution in [0.1, 0.15) is 31.2 Å². The van der Waals surface area contributed by atoms with Crippen molar-refractivity contribution in [2.75, 3.05) is 32.9 Å². The lowest BCUT2D eigenvalue weighted by Crippen LogP contribution is -2.34. The van der Waals surface area contributed by atoms with Gasteiger partial charge in [-0.15, -0.1) is 0 Å². The van der Waals surface area contributed by atoms with Gasteiger partial charge < -0.3 is 19.5 Å². The number of carbonyl (C=O) groups excluding carboxylic acids is 1. The second kappa shape index (κ2) is 7.57. The minimum atomic E-state index is -0.674. The van der Waals surface area contributed by atoms with E-state index in [2.05, 4.69) is 5.32 Å². The molecule has 1 N–H and O–H groups in total. The van der Waals surface area contributed by atoms with Crippen molar-refractivity contribution in [3.05, 3.63) is 22.5 Å². The van der Waals surface area contributed by atoms with E-state index in [1.54, 1.807) is 13.0 Å². The van der Waals surface area contributed by atoms with E-state index < -0.39 is 11.7 Å². The van der Waals surface area contributed by atoms with Crippen LogP contribution < -0.4 is 14.8 Å². The molecule has 7 heteroatoms. The molecule has 0 saturated carbocycles. The number of halogens is 2. The average molecular weight is 358 g/mol. The van der Waals surface area contributed by atoms with Crippen molar-refractivity contribution in [1.82, 2.24) is 5.32 Å². The van der Waals surface area contributed by atoms with E-state index in [4.69, 9.17) is 25.8 Å². The first kappa shape index (κ1) is 17.3. The van der Waals surface area contributed by atoms with Crippen LogP contribution in [0.25, 0.3) is 0 Å². The number of esters is 1. The largest absolute Gasteiger partial charge is 0.486 e. The molecular formula is C17H21ClFNO4. The van der Waals surface area contributed by atoms with E-state index >= 15 is 0 Å². The van der Waals surface area contributed by atoms with Gasteiger partial charge in [0.25, 0.3) is 0 Å². The van der Waals surface area contributed by atoms with Gasteiger partial charge in [-0.1, -0.05) is 11.6 Å². The third kappa shape index (κ3) is 3.30. The zero-order valence-electron chi connectivity index (χ0n) is 13.6. The fraction of sp³-hybridized carbons (Fsp3) is 0.588. The molecule has 2 aliphatic heterocycles. The predicted molar refractivity (Wildman–Crippen MR) is 87.4 cm³/mol. The lowest BCUT2D eigenvalue weighted by molar-refractivity contribution is -0.146. The van der Waals surface area contributed by atoms with Crippen molar-refractivity contribution in [1.29, 1.82) is 0 Å². The van der Waals surface area contributed by atoms with Crippen LogP contribution in [0.3, 0.4) is 0 Å². The summed E-state index contributed by atoms with van der Waals surface area (Å²) in [6, 6.07) is 1.63. The van der Waals surface area contributed by atoms with Crippen LogP contribution in [-0.2, 0) is 9.53 Å². The zero-order chi connectivity index (χ0) is 17.1. The van der Waals surface area contributed by atoms with Gasteiger partial charge in [-0.25, -0.2) is 4.39 Å². The molecule has 1 aromatic carbocycles. The second-order valence-corrected chi connectivity index (χ2v) is 6.31. The van der Waals surface area contributed by atoms with E-state index in [9.17, 15) is 9.18 Å². The molecule has 2 heterocycles. The number of fused-ring (bicyclic) bond motifs is 1. The van der Waals surface area contributed by atoms with Crippen LogP contribution in [0.15, 0.2) is 6.07 Å². The summed E-state index contributed by atoms with van der Waals surface area (Å²) in [4.78, 5) is 12.6.